The zero-order valence-electron chi connectivity index (χ0n) is 10.7. The number of fused-ring (bicyclic) bond motifs is 1. The van der Waals surface area contributed by atoms with Gasteiger partial charge in [-0.2, -0.15) is 0 Å². The van der Waals surface area contributed by atoms with Gasteiger partial charge in [0.05, 0.1) is 11.9 Å². The van der Waals surface area contributed by atoms with Crippen molar-refractivity contribution >= 4 is 33.3 Å². The molecule has 0 aliphatic carbocycles. The number of aromatic nitrogens is 2. The molecule has 2 heterocycles. The molecule has 2 rings (SSSR count). The van der Waals surface area contributed by atoms with Crippen molar-refractivity contribution in [2.45, 2.75) is 26.3 Å². The van der Waals surface area contributed by atoms with Crippen LogP contribution in [0.2, 0.25) is 0 Å². The minimum atomic E-state index is -0.220. The molecule has 0 saturated heterocycles. The van der Waals surface area contributed by atoms with Crippen LogP contribution in [0.25, 0.3) is 10.2 Å². The van der Waals surface area contributed by atoms with Crippen molar-refractivity contribution in [3.05, 3.63) is 17.8 Å². The number of anilines is 1. The van der Waals surface area contributed by atoms with Crippen LogP contribution in [-0.2, 0) is 4.79 Å². The van der Waals surface area contributed by atoms with Crippen molar-refractivity contribution in [3.8, 4) is 0 Å². The Morgan fingerprint density at radius 2 is 2.17 bits per heavy atom. The first-order valence-corrected chi connectivity index (χ1v) is 6.57. The lowest BCUT2D eigenvalue weighted by molar-refractivity contribution is -0.120. The highest BCUT2D eigenvalue weighted by Crippen LogP contribution is 2.23. The normalized spacial score (nSPS) is 11.5. The summed E-state index contributed by atoms with van der Waals surface area (Å²) in [6, 6.07) is 1.95. The average Bonchev–Trinajstić information content (AvgIpc) is 2.72. The molecule has 0 aliphatic heterocycles. The lowest BCUT2D eigenvalue weighted by Crippen LogP contribution is -2.43. The molecule has 0 aromatic carbocycles. The molecule has 0 atom stereocenters. The summed E-state index contributed by atoms with van der Waals surface area (Å²) < 4.78 is 0. The van der Waals surface area contributed by atoms with Crippen molar-refractivity contribution in [2.24, 2.45) is 0 Å². The largest absolute Gasteiger partial charge is 0.360 e. The van der Waals surface area contributed by atoms with Crippen molar-refractivity contribution in [1.29, 1.82) is 0 Å². The van der Waals surface area contributed by atoms with E-state index in [4.69, 9.17) is 0 Å². The van der Waals surface area contributed by atoms with Crippen LogP contribution in [0.5, 0.6) is 0 Å². The van der Waals surface area contributed by atoms with Gasteiger partial charge >= 0.3 is 0 Å². The number of amides is 1. The highest BCUT2D eigenvalue weighted by atomic mass is 32.1. The third-order valence-corrected chi connectivity index (χ3v) is 3.01. The minimum absolute atomic E-state index is 0.0514. The maximum Gasteiger partial charge on any atom is 0.239 e. The summed E-state index contributed by atoms with van der Waals surface area (Å²) in [7, 11) is 0. The quantitative estimate of drug-likeness (QED) is 0.890. The molecule has 18 heavy (non-hydrogen) atoms. The van der Waals surface area contributed by atoms with Crippen molar-refractivity contribution in [1.82, 2.24) is 15.3 Å². The second kappa shape index (κ2) is 4.89. The number of nitrogens with one attached hydrogen (secondary N) is 2. The van der Waals surface area contributed by atoms with Crippen LogP contribution < -0.4 is 10.6 Å². The lowest BCUT2D eigenvalue weighted by Gasteiger charge is -2.20. The Labute approximate surface area is 110 Å². The highest BCUT2D eigenvalue weighted by Gasteiger charge is 2.13. The van der Waals surface area contributed by atoms with Gasteiger partial charge < -0.3 is 10.6 Å². The first kappa shape index (κ1) is 12.8. The zero-order valence-corrected chi connectivity index (χ0v) is 11.5. The predicted octanol–water partition coefficient (Wildman–Crippen LogP) is 2.02. The second-order valence-electron chi connectivity index (χ2n) is 5.01. The first-order chi connectivity index (χ1) is 8.46. The number of carbonyl (C=O) groups is 1. The smallest absolute Gasteiger partial charge is 0.239 e. The Kier molecular flexibility index (Phi) is 3.47. The summed E-state index contributed by atoms with van der Waals surface area (Å²) in [4.78, 5) is 20.9. The molecule has 0 aliphatic rings. The van der Waals surface area contributed by atoms with Crippen molar-refractivity contribution in [3.63, 3.8) is 0 Å². The number of hydrogen-bond donors (Lipinski definition) is 2. The second-order valence-corrected chi connectivity index (χ2v) is 5.91. The molecule has 5 nitrogen and oxygen atoms in total. The summed E-state index contributed by atoms with van der Waals surface area (Å²) in [6.45, 7) is 6.06. The lowest BCUT2D eigenvalue weighted by atomic mass is 10.1. The molecule has 6 heteroatoms. The molecular weight excluding hydrogens is 248 g/mol. The van der Waals surface area contributed by atoms with E-state index in [0.29, 0.717) is 5.82 Å². The van der Waals surface area contributed by atoms with E-state index in [-0.39, 0.29) is 18.0 Å². The van der Waals surface area contributed by atoms with Gasteiger partial charge in [0, 0.05) is 5.54 Å². The molecule has 0 unspecified atom stereocenters. The Hall–Kier alpha value is -1.69. The average molecular weight is 264 g/mol. The molecule has 1 amide bonds. The van der Waals surface area contributed by atoms with Crippen molar-refractivity contribution < 1.29 is 4.79 Å². The van der Waals surface area contributed by atoms with E-state index in [1.807, 2.05) is 32.2 Å². The fourth-order valence-corrected chi connectivity index (χ4v) is 2.29. The summed E-state index contributed by atoms with van der Waals surface area (Å²) in [5.41, 5.74) is -0.220. The molecule has 0 spiro atoms. The van der Waals surface area contributed by atoms with Crippen molar-refractivity contribution in [2.75, 3.05) is 11.9 Å². The molecule has 0 fully saturated rings. The van der Waals surface area contributed by atoms with Crippen LogP contribution in [0.4, 0.5) is 5.82 Å². The molecule has 96 valence electrons. The number of carbonyl (C=O) groups excluding carboxylic acids is 1. The monoisotopic (exact) mass is 264 g/mol. The maximum absolute atomic E-state index is 11.7. The fraction of sp³-hybridized carbons (Fsp3) is 0.417. The topological polar surface area (TPSA) is 66.9 Å². The molecule has 0 radical (unpaired) electrons. The van der Waals surface area contributed by atoms with Gasteiger partial charge in [-0.25, -0.2) is 9.97 Å². The molecule has 0 bridgehead atoms. The van der Waals surface area contributed by atoms with Crippen LogP contribution in [0.15, 0.2) is 17.8 Å². The summed E-state index contributed by atoms with van der Waals surface area (Å²) in [5.74, 6) is 0.648. The number of rotatable bonds is 3. The summed E-state index contributed by atoms with van der Waals surface area (Å²) >= 11 is 1.55. The van der Waals surface area contributed by atoms with E-state index in [1.165, 1.54) is 6.33 Å². The molecular formula is C12H16N4OS. The van der Waals surface area contributed by atoms with E-state index in [0.717, 1.165) is 10.2 Å². The van der Waals surface area contributed by atoms with Crippen LogP contribution >= 0.6 is 11.3 Å². The van der Waals surface area contributed by atoms with E-state index < -0.39 is 0 Å². The van der Waals surface area contributed by atoms with Gasteiger partial charge in [-0.1, -0.05) is 0 Å². The summed E-state index contributed by atoms with van der Waals surface area (Å²) in [6.07, 6.45) is 1.50. The fourth-order valence-electron chi connectivity index (χ4n) is 1.56. The standard InChI is InChI=1S/C12H16N4OS/c1-12(2,3)16-9(17)6-13-10-8-4-5-18-11(8)15-7-14-10/h4-5,7H,6H2,1-3H3,(H,16,17)(H,13,14,15). The summed E-state index contributed by atoms with van der Waals surface area (Å²) in [5, 5.41) is 8.84. The maximum atomic E-state index is 11.7. The number of hydrogen-bond acceptors (Lipinski definition) is 5. The van der Waals surface area contributed by atoms with Crippen LogP contribution in [0, 0.1) is 0 Å². The SMILES string of the molecule is CC(C)(C)NC(=O)CNc1ncnc2sccc12. The van der Waals surface area contributed by atoms with Crippen LogP contribution in [-0.4, -0.2) is 28.0 Å². The number of nitrogens with zero attached hydrogens (tertiary/aromatic N) is 2. The van der Waals surface area contributed by atoms with Gasteiger partial charge in [-0.3, -0.25) is 4.79 Å². The number of thiophene rings is 1. The molecule has 2 N–H and O–H groups in total. The van der Waals surface area contributed by atoms with E-state index in [1.54, 1.807) is 11.3 Å². The van der Waals surface area contributed by atoms with Gasteiger partial charge in [0.15, 0.2) is 0 Å². The Balaban J connectivity index is 2.02. The third-order valence-electron chi connectivity index (χ3n) is 2.19. The van der Waals surface area contributed by atoms with Gasteiger partial charge in [0.25, 0.3) is 0 Å². The molecule has 2 aromatic heterocycles. The zero-order chi connectivity index (χ0) is 13.2. The van der Waals surface area contributed by atoms with Gasteiger partial charge in [-0.15, -0.1) is 11.3 Å². The third kappa shape index (κ3) is 3.16. The minimum Gasteiger partial charge on any atom is -0.360 e. The Morgan fingerprint density at radius 3 is 2.89 bits per heavy atom. The van der Waals surface area contributed by atoms with Crippen LogP contribution in [0.1, 0.15) is 20.8 Å². The Morgan fingerprint density at radius 1 is 1.39 bits per heavy atom. The van der Waals surface area contributed by atoms with E-state index in [9.17, 15) is 4.79 Å². The van der Waals surface area contributed by atoms with E-state index >= 15 is 0 Å². The van der Waals surface area contributed by atoms with Gasteiger partial charge in [0.2, 0.25) is 5.91 Å². The van der Waals surface area contributed by atoms with E-state index in [2.05, 4.69) is 20.6 Å². The first-order valence-electron chi connectivity index (χ1n) is 5.69. The highest BCUT2D eigenvalue weighted by molar-refractivity contribution is 7.16. The predicted molar refractivity (Wildman–Crippen MR) is 73.8 cm³/mol. The molecule has 0 saturated carbocycles. The molecule has 2 aromatic rings. The van der Waals surface area contributed by atoms with Gasteiger partial charge in [0.1, 0.15) is 17.0 Å². The van der Waals surface area contributed by atoms with Gasteiger partial charge in [-0.05, 0) is 32.2 Å². The Bertz CT molecular complexity index is 558. The van der Waals surface area contributed by atoms with Crippen LogP contribution in [0.3, 0.4) is 0 Å².